The lowest BCUT2D eigenvalue weighted by molar-refractivity contribution is 0.0767. The Morgan fingerprint density at radius 2 is 1.93 bits per heavy atom. The molecule has 1 N–H and O–H groups in total. The highest BCUT2D eigenvalue weighted by Crippen LogP contribution is 2.18. The number of hydrogen-bond donors (Lipinski definition) is 1. The molecule has 76 valence electrons. The van der Waals surface area contributed by atoms with Crippen LogP contribution in [0.2, 0.25) is 0 Å². The van der Waals surface area contributed by atoms with Gasteiger partial charge in [0.05, 0.1) is 19.3 Å². The molecule has 1 heterocycles. The summed E-state index contributed by atoms with van der Waals surface area (Å²) in [7, 11) is 0. The fourth-order valence-electron chi connectivity index (χ4n) is 1.56. The van der Waals surface area contributed by atoms with Crippen molar-refractivity contribution in [3.05, 3.63) is 35.4 Å². The normalized spacial score (nSPS) is 22.3. The third-order valence-corrected chi connectivity index (χ3v) is 2.21. The van der Waals surface area contributed by atoms with Gasteiger partial charge in [0.1, 0.15) is 11.6 Å². The van der Waals surface area contributed by atoms with Crippen molar-refractivity contribution in [3.63, 3.8) is 0 Å². The maximum absolute atomic E-state index is 12.9. The van der Waals surface area contributed by atoms with Gasteiger partial charge in [-0.25, -0.2) is 8.78 Å². The van der Waals surface area contributed by atoms with Crippen LogP contribution in [0.15, 0.2) is 18.2 Å². The number of ether oxygens (including phenoxy) is 1. The Bertz CT molecular complexity index is 304. The average Bonchev–Trinajstić information content (AvgIpc) is 2.18. The van der Waals surface area contributed by atoms with Crippen LogP contribution in [-0.4, -0.2) is 19.8 Å². The fraction of sp³-hybridized carbons (Fsp3) is 0.400. The van der Waals surface area contributed by atoms with Gasteiger partial charge in [0.15, 0.2) is 0 Å². The molecule has 1 saturated heterocycles. The first kappa shape index (κ1) is 9.55. The predicted octanol–water partition coefficient (Wildman–Crippen LogP) is 1.63. The van der Waals surface area contributed by atoms with Crippen LogP contribution in [0.3, 0.4) is 0 Å². The van der Waals surface area contributed by atoms with Crippen LogP contribution in [0, 0.1) is 11.6 Å². The van der Waals surface area contributed by atoms with Crippen LogP contribution in [0.1, 0.15) is 11.6 Å². The van der Waals surface area contributed by atoms with Gasteiger partial charge in [-0.3, -0.25) is 0 Å². The zero-order valence-electron chi connectivity index (χ0n) is 7.59. The quantitative estimate of drug-likeness (QED) is 0.742. The fourth-order valence-corrected chi connectivity index (χ4v) is 1.56. The molecule has 1 unspecified atom stereocenters. The first-order valence-corrected chi connectivity index (χ1v) is 4.53. The lowest BCUT2D eigenvalue weighted by Crippen LogP contribution is -2.34. The second-order valence-electron chi connectivity index (χ2n) is 3.28. The van der Waals surface area contributed by atoms with Gasteiger partial charge in [0.2, 0.25) is 0 Å². The number of benzene rings is 1. The lowest BCUT2D eigenvalue weighted by atomic mass is 10.1. The molecular formula is C10H11F2NO. The molecule has 0 bridgehead atoms. The van der Waals surface area contributed by atoms with E-state index in [0.29, 0.717) is 25.3 Å². The van der Waals surface area contributed by atoms with Crippen LogP contribution < -0.4 is 5.32 Å². The van der Waals surface area contributed by atoms with Gasteiger partial charge in [-0.2, -0.15) is 0 Å². The number of rotatable bonds is 1. The van der Waals surface area contributed by atoms with Crippen LogP contribution in [0.5, 0.6) is 0 Å². The second kappa shape index (κ2) is 4.02. The number of hydrogen-bond acceptors (Lipinski definition) is 2. The molecule has 2 rings (SSSR count). The van der Waals surface area contributed by atoms with E-state index in [9.17, 15) is 8.78 Å². The molecule has 1 aliphatic rings. The maximum atomic E-state index is 12.9. The highest BCUT2D eigenvalue weighted by atomic mass is 19.1. The lowest BCUT2D eigenvalue weighted by Gasteiger charge is -2.24. The summed E-state index contributed by atoms with van der Waals surface area (Å²) in [5.41, 5.74) is 0.599. The minimum Gasteiger partial charge on any atom is -0.378 e. The van der Waals surface area contributed by atoms with Gasteiger partial charge >= 0.3 is 0 Å². The molecule has 1 aromatic rings. The number of halogens is 2. The summed E-state index contributed by atoms with van der Waals surface area (Å²) in [6.45, 7) is 1.82. The number of nitrogens with one attached hydrogen (secondary N) is 1. The molecule has 1 fully saturated rings. The molecule has 0 amide bonds. The molecule has 0 aromatic heterocycles. The first-order chi connectivity index (χ1) is 6.75. The summed E-state index contributed by atoms with van der Waals surface area (Å²) in [6.07, 6.45) is 0. The standard InChI is InChI=1S/C10H11F2NO/c11-8-3-7(4-9(12)5-8)10-6-14-2-1-13-10/h3-5,10,13H,1-2,6H2. The number of morpholine rings is 1. The predicted molar refractivity (Wildman–Crippen MR) is 47.9 cm³/mol. The van der Waals surface area contributed by atoms with E-state index in [2.05, 4.69) is 5.32 Å². The van der Waals surface area contributed by atoms with Crippen LogP contribution in [0.25, 0.3) is 0 Å². The average molecular weight is 199 g/mol. The van der Waals surface area contributed by atoms with Crippen LogP contribution in [0.4, 0.5) is 8.78 Å². The van der Waals surface area contributed by atoms with Crippen LogP contribution in [-0.2, 0) is 4.74 Å². The monoisotopic (exact) mass is 199 g/mol. The molecule has 0 saturated carbocycles. The van der Waals surface area contributed by atoms with E-state index in [0.717, 1.165) is 6.07 Å². The third-order valence-electron chi connectivity index (χ3n) is 2.21. The molecule has 1 aromatic carbocycles. The van der Waals surface area contributed by atoms with E-state index in [1.165, 1.54) is 12.1 Å². The molecule has 1 atom stereocenters. The van der Waals surface area contributed by atoms with Crippen molar-refractivity contribution >= 4 is 0 Å². The van der Waals surface area contributed by atoms with E-state index in [-0.39, 0.29) is 6.04 Å². The van der Waals surface area contributed by atoms with Crippen molar-refractivity contribution in [1.29, 1.82) is 0 Å². The molecule has 1 aliphatic heterocycles. The van der Waals surface area contributed by atoms with Gasteiger partial charge in [-0.05, 0) is 17.7 Å². The summed E-state index contributed by atoms with van der Waals surface area (Å²) in [5.74, 6) is -1.10. The molecule has 0 spiro atoms. The Balaban J connectivity index is 2.21. The van der Waals surface area contributed by atoms with Crippen molar-refractivity contribution in [1.82, 2.24) is 5.32 Å². The zero-order valence-corrected chi connectivity index (χ0v) is 7.59. The SMILES string of the molecule is Fc1cc(F)cc(C2COCCN2)c1. The molecule has 0 radical (unpaired) electrons. The molecule has 4 heteroatoms. The summed E-state index contributed by atoms with van der Waals surface area (Å²) < 4.78 is 31.0. The summed E-state index contributed by atoms with van der Waals surface area (Å²) in [5, 5.41) is 3.13. The van der Waals surface area contributed by atoms with Crippen LogP contribution >= 0.6 is 0 Å². The van der Waals surface area contributed by atoms with E-state index < -0.39 is 11.6 Å². The second-order valence-corrected chi connectivity index (χ2v) is 3.28. The van der Waals surface area contributed by atoms with Crippen molar-refractivity contribution < 1.29 is 13.5 Å². The van der Waals surface area contributed by atoms with E-state index in [4.69, 9.17) is 4.74 Å². The van der Waals surface area contributed by atoms with Crippen molar-refractivity contribution in [2.75, 3.05) is 19.8 Å². The Hall–Kier alpha value is -1.00. The highest BCUT2D eigenvalue weighted by molar-refractivity contribution is 5.21. The van der Waals surface area contributed by atoms with E-state index >= 15 is 0 Å². The Morgan fingerprint density at radius 1 is 1.21 bits per heavy atom. The zero-order chi connectivity index (χ0) is 9.97. The maximum Gasteiger partial charge on any atom is 0.126 e. The van der Waals surface area contributed by atoms with Crippen molar-refractivity contribution in [2.45, 2.75) is 6.04 Å². The molecule has 14 heavy (non-hydrogen) atoms. The molecular weight excluding hydrogens is 188 g/mol. The third kappa shape index (κ3) is 2.08. The highest BCUT2D eigenvalue weighted by Gasteiger charge is 2.16. The Morgan fingerprint density at radius 3 is 2.50 bits per heavy atom. The summed E-state index contributed by atoms with van der Waals surface area (Å²) in [6, 6.07) is 3.42. The minimum absolute atomic E-state index is 0.103. The largest absolute Gasteiger partial charge is 0.378 e. The van der Waals surface area contributed by atoms with Crippen molar-refractivity contribution in [3.8, 4) is 0 Å². The van der Waals surface area contributed by atoms with Gasteiger partial charge < -0.3 is 10.1 Å². The Labute approximate surface area is 80.9 Å². The van der Waals surface area contributed by atoms with Gasteiger partial charge in [-0.1, -0.05) is 0 Å². The van der Waals surface area contributed by atoms with E-state index in [1.54, 1.807) is 0 Å². The first-order valence-electron chi connectivity index (χ1n) is 4.53. The topological polar surface area (TPSA) is 21.3 Å². The smallest absolute Gasteiger partial charge is 0.126 e. The van der Waals surface area contributed by atoms with E-state index in [1.807, 2.05) is 0 Å². The summed E-state index contributed by atoms with van der Waals surface area (Å²) in [4.78, 5) is 0. The molecule has 2 nitrogen and oxygen atoms in total. The summed E-state index contributed by atoms with van der Waals surface area (Å²) >= 11 is 0. The Kier molecular flexibility index (Phi) is 2.74. The minimum atomic E-state index is -0.549. The van der Waals surface area contributed by atoms with Gasteiger partial charge in [0, 0.05) is 12.6 Å². The van der Waals surface area contributed by atoms with Crippen molar-refractivity contribution in [2.24, 2.45) is 0 Å². The van der Waals surface area contributed by atoms with Gasteiger partial charge in [0.25, 0.3) is 0 Å². The molecule has 0 aliphatic carbocycles. The van der Waals surface area contributed by atoms with Gasteiger partial charge in [-0.15, -0.1) is 0 Å².